The Kier molecular flexibility index (Phi) is 3.82. The van der Waals surface area contributed by atoms with Crippen LogP contribution in [0.25, 0.3) is 0 Å². The zero-order valence-corrected chi connectivity index (χ0v) is 11.6. The lowest BCUT2D eigenvalue weighted by molar-refractivity contribution is 0.572. The Morgan fingerprint density at radius 1 is 1.22 bits per heavy atom. The van der Waals surface area contributed by atoms with Crippen LogP contribution in [0.4, 0.5) is 0 Å². The molecule has 0 saturated heterocycles. The van der Waals surface area contributed by atoms with Crippen LogP contribution in [0.3, 0.4) is 0 Å². The highest BCUT2D eigenvalue weighted by atomic mass is 15.3. The summed E-state index contributed by atoms with van der Waals surface area (Å²) < 4.78 is 1.94. The van der Waals surface area contributed by atoms with Crippen LogP contribution in [0.1, 0.15) is 35.3 Å². The Morgan fingerprint density at radius 2 is 1.89 bits per heavy atom. The van der Waals surface area contributed by atoms with E-state index >= 15 is 0 Å². The quantitative estimate of drug-likeness (QED) is 0.895. The summed E-state index contributed by atoms with van der Waals surface area (Å²) in [4.78, 5) is 0. The van der Waals surface area contributed by atoms with Crippen molar-refractivity contribution in [2.45, 2.75) is 26.8 Å². The summed E-state index contributed by atoms with van der Waals surface area (Å²) in [6, 6.07) is 8.97. The van der Waals surface area contributed by atoms with E-state index in [1.807, 2.05) is 17.9 Å². The summed E-state index contributed by atoms with van der Waals surface area (Å²) in [6.07, 6.45) is 1.85. The lowest BCUT2D eigenvalue weighted by atomic mass is 9.99. The fourth-order valence-corrected chi connectivity index (χ4v) is 2.44. The van der Waals surface area contributed by atoms with E-state index in [-0.39, 0.29) is 6.04 Å². The second kappa shape index (κ2) is 5.36. The Labute approximate surface area is 109 Å². The van der Waals surface area contributed by atoms with Crippen molar-refractivity contribution in [2.24, 2.45) is 7.05 Å². The third-order valence-electron chi connectivity index (χ3n) is 3.14. The van der Waals surface area contributed by atoms with Crippen molar-refractivity contribution in [2.75, 3.05) is 6.54 Å². The number of hydrogen-bond acceptors (Lipinski definition) is 2. The molecule has 96 valence electrons. The van der Waals surface area contributed by atoms with Gasteiger partial charge in [-0.05, 0) is 32.0 Å². The first-order valence-corrected chi connectivity index (χ1v) is 6.41. The number of benzene rings is 1. The first-order valence-electron chi connectivity index (χ1n) is 6.41. The van der Waals surface area contributed by atoms with E-state index in [4.69, 9.17) is 0 Å². The molecule has 0 saturated carbocycles. The van der Waals surface area contributed by atoms with Crippen LogP contribution in [0.15, 0.2) is 30.5 Å². The fourth-order valence-electron chi connectivity index (χ4n) is 2.44. The van der Waals surface area contributed by atoms with Gasteiger partial charge in [0.05, 0.1) is 11.7 Å². The summed E-state index contributed by atoms with van der Waals surface area (Å²) in [5.74, 6) is 0. The van der Waals surface area contributed by atoms with E-state index in [1.54, 1.807) is 0 Å². The molecule has 0 aliphatic heterocycles. The third-order valence-corrected chi connectivity index (χ3v) is 3.14. The molecule has 0 aliphatic rings. The number of aryl methyl sites for hydroxylation is 3. The second-order valence-corrected chi connectivity index (χ2v) is 4.79. The monoisotopic (exact) mass is 243 g/mol. The average molecular weight is 243 g/mol. The molecular formula is C15H21N3. The number of hydrogen-bond donors (Lipinski definition) is 1. The SMILES string of the molecule is CCNC(c1cc(C)cc(C)c1)c1ccnn1C. The molecule has 3 heteroatoms. The van der Waals surface area contributed by atoms with Gasteiger partial charge < -0.3 is 5.32 Å². The van der Waals surface area contributed by atoms with Crippen LogP contribution < -0.4 is 5.32 Å². The molecule has 0 radical (unpaired) electrons. The van der Waals surface area contributed by atoms with Crippen LogP contribution in [0.5, 0.6) is 0 Å². The number of aromatic nitrogens is 2. The highest BCUT2D eigenvalue weighted by Gasteiger charge is 2.16. The molecule has 1 unspecified atom stereocenters. The van der Waals surface area contributed by atoms with Crippen molar-refractivity contribution in [3.63, 3.8) is 0 Å². The Bertz CT molecular complexity index is 508. The molecule has 3 nitrogen and oxygen atoms in total. The van der Waals surface area contributed by atoms with Crippen LogP contribution >= 0.6 is 0 Å². The minimum Gasteiger partial charge on any atom is -0.305 e. The number of nitrogens with one attached hydrogen (secondary N) is 1. The Morgan fingerprint density at radius 3 is 2.39 bits per heavy atom. The summed E-state index contributed by atoms with van der Waals surface area (Å²) in [5, 5.41) is 7.80. The predicted octanol–water partition coefficient (Wildman–Crippen LogP) is 2.74. The lowest BCUT2D eigenvalue weighted by Crippen LogP contribution is -2.24. The minimum absolute atomic E-state index is 0.209. The van der Waals surface area contributed by atoms with E-state index in [9.17, 15) is 0 Å². The van der Waals surface area contributed by atoms with E-state index in [0.29, 0.717) is 0 Å². The van der Waals surface area contributed by atoms with Gasteiger partial charge in [0.15, 0.2) is 0 Å². The first kappa shape index (κ1) is 12.8. The summed E-state index contributed by atoms with van der Waals surface area (Å²) in [5.41, 5.74) is 5.10. The van der Waals surface area contributed by atoms with Crippen molar-refractivity contribution in [3.05, 3.63) is 52.8 Å². The molecule has 0 amide bonds. The van der Waals surface area contributed by atoms with E-state index in [0.717, 1.165) is 6.54 Å². The van der Waals surface area contributed by atoms with Crippen molar-refractivity contribution >= 4 is 0 Å². The average Bonchev–Trinajstić information content (AvgIpc) is 2.71. The van der Waals surface area contributed by atoms with Crippen molar-refractivity contribution in [1.29, 1.82) is 0 Å². The highest BCUT2D eigenvalue weighted by Crippen LogP contribution is 2.23. The number of nitrogens with zero attached hydrogens (tertiary/aromatic N) is 2. The summed E-state index contributed by atoms with van der Waals surface area (Å²) >= 11 is 0. The Hall–Kier alpha value is -1.61. The first-order chi connectivity index (χ1) is 8.61. The van der Waals surface area contributed by atoms with Gasteiger partial charge in [-0.2, -0.15) is 5.10 Å². The standard InChI is InChI=1S/C15H21N3/c1-5-16-15(14-6-7-17-18(14)4)13-9-11(2)8-12(3)10-13/h6-10,15-16H,5H2,1-4H3. The molecule has 1 atom stereocenters. The molecular weight excluding hydrogens is 222 g/mol. The van der Waals surface area contributed by atoms with Crippen molar-refractivity contribution in [3.8, 4) is 0 Å². The molecule has 0 fully saturated rings. The number of rotatable bonds is 4. The lowest BCUT2D eigenvalue weighted by Gasteiger charge is -2.19. The molecule has 18 heavy (non-hydrogen) atoms. The van der Waals surface area contributed by atoms with Crippen LogP contribution in [-0.2, 0) is 7.05 Å². The fraction of sp³-hybridized carbons (Fsp3) is 0.400. The molecule has 2 rings (SSSR count). The second-order valence-electron chi connectivity index (χ2n) is 4.79. The van der Waals surface area contributed by atoms with E-state index < -0.39 is 0 Å². The zero-order valence-electron chi connectivity index (χ0n) is 11.6. The highest BCUT2D eigenvalue weighted by molar-refractivity contribution is 5.34. The molecule has 1 N–H and O–H groups in total. The van der Waals surface area contributed by atoms with Crippen molar-refractivity contribution in [1.82, 2.24) is 15.1 Å². The topological polar surface area (TPSA) is 29.9 Å². The van der Waals surface area contributed by atoms with Crippen molar-refractivity contribution < 1.29 is 0 Å². The van der Waals surface area contributed by atoms with E-state index in [2.05, 4.69) is 55.5 Å². The normalized spacial score (nSPS) is 12.7. The largest absolute Gasteiger partial charge is 0.305 e. The summed E-state index contributed by atoms with van der Waals surface area (Å²) in [6.45, 7) is 7.35. The van der Waals surface area contributed by atoms with Crippen LogP contribution in [-0.4, -0.2) is 16.3 Å². The van der Waals surface area contributed by atoms with Gasteiger partial charge in [-0.1, -0.05) is 36.2 Å². The van der Waals surface area contributed by atoms with Gasteiger partial charge in [0.2, 0.25) is 0 Å². The maximum atomic E-state index is 4.27. The molecule has 0 bridgehead atoms. The van der Waals surface area contributed by atoms with Gasteiger partial charge in [-0.25, -0.2) is 0 Å². The van der Waals surface area contributed by atoms with Gasteiger partial charge in [0.25, 0.3) is 0 Å². The third kappa shape index (κ3) is 2.62. The van der Waals surface area contributed by atoms with Crippen LogP contribution in [0, 0.1) is 13.8 Å². The molecule has 1 heterocycles. The van der Waals surface area contributed by atoms with E-state index in [1.165, 1.54) is 22.4 Å². The van der Waals surface area contributed by atoms with Gasteiger partial charge in [-0.15, -0.1) is 0 Å². The maximum absolute atomic E-state index is 4.27. The summed E-state index contributed by atoms with van der Waals surface area (Å²) in [7, 11) is 1.99. The Balaban J connectivity index is 2.44. The van der Waals surface area contributed by atoms with Gasteiger partial charge in [0, 0.05) is 13.2 Å². The molecule has 2 aromatic rings. The molecule has 1 aromatic heterocycles. The maximum Gasteiger partial charge on any atom is 0.0748 e. The van der Waals surface area contributed by atoms with Gasteiger partial charge in [-0.3, -0.25) is 4.68 Å². The molecule has 0 spiro atoms. The predicted molar refractivity (Wildman–Crippen MR) is 74.6 cm³/mol. The molecule has 0 aliphatic carbocycles. The molecule has 1 aromatic carbocycles. The zero-order chi connectivity index (χ0) is 13.1. The smallest absolute Gasteiger partial charge is 0.0748 e. The minimum atomic E-state index is 0.209. The van der Waals surface area contributed by atoms with Gasteiger partial charge in [0.1, 0.15) is 0 Å². The van der Waals surface area contributed by atoms with Gasteiger partial charge >= 0.3 is 0 Å². The van der Waals surface area contributed by atoms with Crippen LogP contribution in [0.2, 0.25) is 0 Å².